The van der Waals surface area contributed by atoms with Gasteiger partial charge in [0.2, 0.25) is 0 Å². The van der Waals surface area contributed by atoms with Crippen molar-refractivity contribution in [2.24, 2.45) is 0 Å². The Morgan fingerprint density at radius 1 is 1.21 bits per heavy atom. The molecule has 0 aliphatic heterocycles. The van der Waals surface area contributed by atoms with Crippen LogP contribution in [0.1, 0.15) is 51.9 Å². The molecule has 1 N–H and O–H groups in total. The molecule has 0 fully saturated rings. The first-order chi connectivity index (χ1) is 9.07. The molecule has 0 saturated carbocycles. The van der Waals surface area contributed by atoms with Crippen molar-refractivity contribution >= 4 is 23.2 Å². The normalized spacial score (nSPS) is 12.1. The topological polar surface area (TPSA) is 29.9 Å². The quantitative estimate of drug-likeness (QED) is 0.736. The lowest BCUT2D eigenvalue weighted by Crippen LogP contribution is -2.45. The van der Waals surface area contributed by atoms with E-state index in [-0.39, 0.29) is 5.54 Å². The molecule has 110 valence electrons. The second-order valence-electron chi connectivity index (χ2n) is 4.85. The van der Waals surface area contributed by atoms with Crippen LogP contribution in [0.4, 0.5) is 0 Å². The van der Waals surface area contributed by atoms with Gasteiger partial charge in [0.05, 0.1) is 16.4 Å². The summed E-state index contributed by atoms with van der Waals surface area (Å²) in [6, 6.07) is 0. The van der Waals surface area contributed by atoms with E-state index in [1.54, 1.807) is 0 Å². The number of hydrogen-bond donors (Lipinski definition) is 1. The SMILES string of the molecule is CCc1nn(CC)c(CNC(CC)(CC)CCl)c1Cl. The van der Waals surface area contributed by atoms with Crippen molar-refractivity contribution in [2.45, 2.75) is 65.6 Å². The molecule has 0 saturated heterocycles. The van der Waals surface area contributed by atoms with E-state index >= 15 is 0 Å². The fourth-order valence-electron chi connectivity index (χ4n) is 2.19. The van der Waals surface area contributed by atoms with Gasteiger partial charge in [-0.15, -0.1) is 11.6 Å². The predicted molar refractivity (Wildman–Crippen MR) is 83.2 cm³/mol. The van der Waals surface area contributed by atoms with Crippen molar-refractivity contribution in [3.8, 4) is 0 Å². The average molecular weight is 306 g/mol. The third-order valence-electron chi connectivity index (χ3n) is 3.93. The molecule has 1 aromatic rings. The molecule has 3 nitrogen and oxygen atoms in total. The minimum Gasteiger partial charge on any atom is -0.304 e. The van der Waals surface area contributed by atoms with E-state index in [9.17, 15) is 0 Å². The molecule has 0 bridgehead atoms. The van der Waals surface area contributed by atoms with E-state index in [0.717, 1.165) is 42.2 Å². The van der Waals surface area contributed by atoms with Crippen molar-refractivity contribution in [2.75, 3.05) is 5.88 Å². The van der Waals surface area contributed by atoms with E-state index in [0.29, 0.717) is 12.4 Å². The fraction of sp³-hybridized carbons (Fsp3) is 0.786. The summed E-state index contributed by atoms with van der Waals surface area (Å²) in [6.07, 6.45) is 2.87. The zero-order valence-electron chi connectivity index (χ0n) is 12.4. The Balaban J connectivity index is 2.90. The first-order valence-electron chi connectivity index (χ1n) is 7.12. The predicted octanol–water partition coefficient (Wildman–Crippen LogP) is 4.01. The number of aryl methyl sites for hydroxylation is 2. The van der Waals surface area contributed by atoms with Crippen LogP contribution in [0.5, 0.6) is 0 Å². The van der Waals surface area contributed by atoms with Crippen molar-refractivity contribution in [1.29, 1.82) is 0 Å². The smallest absolute Gasteiger partial charge is 0.0863 e. The summed E-state index contributed by atoms with van der Waals surface area (Å²) in [5.41, 5.74) is 2.03. The molecule has 0 aliphatic carbocycles. The number of hydrogen-bond acceptors (Lipinski definition) is 2. The van der Waals surface area contributed by atoms with E-state index in [1.807, 2.05) is 4.68 Å². The Hall–Kier alpha value is -0.250. The zero-order chi connectivity index (χ0) is 14.5. The second kappa shape index (κ2) is 7.51. The Morgan fingerprint density at radius 2 is 1.84 bits per heavy atom. The largest absolute Gasteiger partial charge is 0.304 e. The van der Waals surface area contributed by atoms with Crippen LogP contribution >= 0.6 is 23.2 Å². The van der Waals surface area contributed by atoms with Crippen molar-refractivity contribution in [3.63, 3.8) is 0 Å². The Kier molecular flexibility index (Phi) is 6.64. The van der Waals surface area contributed by atoms with Gasteiger partial charge in [-0.3, -0.25) is 4.68 Å². The third kappa shape index (κ3) is 3.65. The highest BCUT2D eigenvalue weighted by molar-refractivity contribution is 6.31. The molecular formula is C14H25Cl2N3. The molecule has 0 unspecified atom stereocenters. The van der Waals surface area contributed by atoms with Crippen LogP contribution < -0.4 is 5.32 Å². The van der Waals surface area contributed by atoms with Gasteiger partial charge in [-0.1, -0.05) is 32.4 Å². The van der Waals surface area contributed by atoms with E-state index in [2.05, 4.69) is 38.1 Å². The second-order valence-corrected chi connectivity index (χ2v) is 5.50. The highest BCUT2D eigenvalue weighted by atomic mass is 35.5. The van der Waals surface area contributed by atoms with E-state index in [4.69, 9.17) is 23.2 Å². The Labute approximate surface area is 126 Å². The third-order valence-corrected chi connectivity index (χ3v) is 4.88. The highest BCUT2D eigenvalue weighted by Crippen LogP contribution is 2.24. The maximum atomic E-state index is 6.41. The number of alkyl halides is 1. The Bertz CT molecular complexity index is 389. The van der Waals surface area contributed by atoms with Gasteiger partial charge in [0.15, 0.2) is 0 Å². The number of rotatable bonds is 8. The van der Waals surface area contributed by atoms with E-state index in [1.165, 1.54) is 0 Å². The molecule has 0 spiro atoms. The van der Waals surface area contributed by atoms with Crippen LogP contribution in [0.15, 0.2) is 0 Å². The van der Waals surface area contributed by atoms with Gasteiger partial charge < -0.3 is 5.32 Å². The monoisotopic (exact) mass is 305 g/mol. The van der Waals surface area contributed by atoms with Crippen LogP contribution in [0.3, 0.4) is 0 Å². The van der Waals surface area contributed by atoms with Gasteiger partial charge in [-0.25, -0.2) is 0 Å². The molecular weight excluding hydrogens is 281 g/mol. The lowest BCUT2D eigenvalue weighted by atomic mass is 9.95. The molecule has 0 atom stereocenters. The van der Waals surface area contributed by atoms with Crippen molar-refractivity contribution < 1.29 is 0 Å². The van der Waals surface area contributed by atoms with Gasteiger partial charge in [0.1, 0.15) is 0 Å². The van der Waals surface area contributed by atoms with Crippen LogP contribution in [-0.4, -0.2) is 21.2 Å². The van der Waals surface area contributed by atoms with Crippen LogP contribution in [0, 0.1) is 0 Å². The Morgan fingerprint density at radius 3 is 2.26 bits per heavy atom. The molecule has 19 heavy (non-hydrogen) atoms. The molecule has 1 rings (SSSR count). The van der Waals surface area contributed by atoms with Crippen molar-refractivity contribution in [1.82, 2.24) is 15.1 Å². The summed E-state index contributed by atoms with van der Waals surface area (Å²) in [5, 5.41) is 8.91. The maximum Gasteiger partial charge on any atom is 0.0863 e. The van der Waals surface area contributed by atoms with E-state index < -0.39 is 0 Å². The average Bonchev–Trinajstić information content (AvgIpc) is 2.77. The summed E-state index contributed by atoms with van der Waals surface area (Å²) in [7, 11) is 0. The molecule has 1 heterocycles. The zero-order valence-corrected chi connectivity index (χ0v) is 13.9. The minimum atomic E-state index is -0.0138. The fourth-order valence-corrected chi connectivity index (χ4v) is 3.00. The number of nitrogens with one attached hydrogen (secondary N) is 1. The summed E-state index contributed by atoms with van der Waals surface area (Å²) in [6.45, 7) is 10.0. The first-order valence-corrected chi connectivity index (χ1v) is 8.03. The highest BCUT2D eigenvalue weighted by Gasteiger charge is 2.25. The number of nitrogens with zero attached hydrogens (tertiary/aromatic N) is 2. The molecule has 5 heteroatoms. The molecule has 1 aromatic heterocycles. The molecule has 0 amide bonds. The number of halogens is 2. The lowest BCUT2D eigenvalue weighted by Gasteiger charge is -2.31. The standard InChI is InChI=1S/C14H25Cl2N3/c1-5-11-13(16)12(19(8-4)18-11)9-17-14(6-2,7-3)10-15/h17H,5-10H2,1-4H3. The van der Waals surface area contributed by atoms with Gasteiger partial charge in [0, 0.05) is 24.5 Å². The molecule has 0 aromatic carbocycles. The number of aromatic nitrogens is 2. The van der Waals surface area contributed by atoms with Gasteiger partial charge in [0.25, 0.3) is 0 Å². The first kappa shape index (κ1) is 16.8. The van der Waals surface area contributed by atoms with Crippen LogP contribution in [0.2, 0.25) is 5.02 Å². The summed E-state index contributed by atoms with van der Waals surface area (Å²) in [5.74, 6) is 0.610. The van der Waals surface area contributed by atoms with Crippen molar-refractivity contribution in [3.05, 3.63) is 16.4 Å². The van der Waals surface area contributed by atoms with Crippen LogP contribution in [-0.2, 0) is 19.5 Å². The van der Waals surface area contributed by atoms with Crippen LogP contribution in [0.25, 0.3) is 0 Å². The van der Waals surface area contributed by atoms with Gasteiger partial charge in [-0.2, -0.15) is 5.10 Å². The van der Waals surface area contributed by atoms with Gasteiger partial charge >= 0.3 is 0 Å². The van der Waals surface area contributed by atoms with Gasteiger partial charge in [-0.05, 0) is 26.2 Å². The summed E-state index contributed by atoms with van der Waals surface area (Å²) < 4.78 is 1.98. The molecule has 0 aliphatic rings. The minimum absolute atomic E-state index is 0.0138. The summed E-state index contributed by atoms with van der Waals surface area (Å²) in [4.78, 5) is 0. The summed E-state index contributed by atoms with van der Waals surface area (Å²) >= 11 is 12.5. The maximum absolute atomic E-state index is 6.41. The lowest BCUT2D eigenvalue weighted by molar-refractivity contribution is 0.329. The molecule has 0 radical (unpaired) electrons.